The van der Waals surface area contributed by atoms with Gasteiger partial charge in [0.1, 0.15) is 5.84 Å². The molecule has 3 aromatic rings. The van der Waals surface area contributed by atoms with Gasteiger partial charge in [0.15, 0.2) is 5.54 Å². The quantitative estimate of drug-likeness (QED) is 0.506. The summed E-state index contributed by atoms with van der Waals surface area (Å²) in [5.74, 6) is 0.855. The molecular formula is C27H29N3OS. The number of aliphatic imine (C=N–C) groups is 1. The lowest BCUT2D eigenvalue weighted by Crippen LogP contribution is -2.43. The van der Waals surface area contributed by atoms with Crippen molar-refractivity contribution in [3.8, 4) is 0 Å². The molecule has 2 aliphatic rings. The van der Waals surface area contributed by atoms with Crippen LogP contribution in [0, 0.1) is 0 Å². The summed E-state index contributed by atoms with van der Waals surface area (Å²) in [5, 5.41) is 2.05. The number of amides is 1. The van der Waals surface area contributed by atoms with Crippen molar-refractivity contribution in [3.05, 3.63) is 94.2 Å². The van der Waals surface area contributed by atoms with Gasteiger partial charge in [0.2, 0.25) is 0 Å². The lowest BCUT2D eigenvalue weighted by molar-refractivity contribution is -0.130. The fraction of sp³-hybridized carbons (Fsp3) is 0.333. The second-order valence-electron chi connectivity index (χ2n) is 8.57. The lowest BCUT2D eigenvalue weighted by Gasteiger charge is -2.29. The maximum absolute atomic E-state index is 14.2. The van der Waals surface area contributed by atoms with Crippen LogP contribution in [0.15, 0.2) is 83.2 Å². The SMILES string of the molecule is O=C1N(CCCN2CCCCC2)C(c2cccs2)=NC1(c1ccccc1)c1ccccc1. The maximum atomic E-state index is 14.2. The topological polar surface area (TPSA) is 35.9 Å². The average Bonchev–Trinajstić information content (AvgIpc) is 3.49. The van der Waals surface area contributed by atoms with Crippen LogP contribution >= 0.6 is 11.3 Å². The van der Waals surface area contributed by atoms with Gasteiger partial charge in [0.05, 0.1) is 4.88 Å². The molecule has 1 aromatic heterocycles. The summed E-state index contributed by atoms with van der Waals surface area (Å²) in [6, 6.07) is 24.2. The van der Waals surface area contributed by atoms with Gasteiger partial charge >= 0.3 is 0 Å². The zero-order chi connectivity index (χ0) is 21.8. The van der Waals surface area contributed by atoms with Crippen molar-refractivity contribution in [1.82, 2.24) is 9.80 Å². The van der Waals surface area contributed by atoms with Crippen LogP contribution in [-0.2, 0) is 10.3 Å². The van der Waals surface area contributed by atoms with E-state index in [0.29, 0.717) is 6.54 Å². The third-order valence-corrected chi connectivity index (χ3v) is 7.38. The molecule has 2 aromatic carbocycles. The summed E-state index contributed by atoms with van der Waals surface area (Å²) >= 11 is 1.64. The fourth-order valence-electron chi connectivity index (χ4n) is 4.90. The number of thiophene rings is 1. The summed E-state index contributed by atoms with van der Waals surface area (Å²) in [4.78, 5) is 25.0. The Kier molecular flexibility index (Phi) is 6.19. The number of rotatable bonds is 7. The van der Waals surface area contributed by atoms with Gasteiger partial charge in [0.25, 0.3) is 5.91 Å². The predicted molar refractivity (Wildman–Crippen MR) is 131 cm³/mol. The van der Waals surface area contributed by atoms with Crippen molar-refractivity contribution in [1.29, 1.82) is 0 Å². The van der Waals surface area contributed by atoms with E-state index in [0.717, 1.165) is 34.8 Å². The Hall–Kier alpha value is -2.76. The van der Waals surface area contributed by atoms with Crippen molar-refractivity contribution in [2.75, 3.05) is 26.2 Å². The molecule has 0 unspecified atom stereocenters. The molecule has 0 radical (unpaired) electrons. The van der Waals surface area contributed by atoms with E-state index < -0.39 is 5.54 Å². The van der Waals surface area contributed by atoms with Crippen molar-refractivity contribution < 1.29 is 4.79 Å². The number of piperidine rings is 1. The molecule has 5 rings (SSSR count). The standard InChI is InChI=1S/C27H29N3OS/c31-26-27(22-12-4-1-5-13-22,23-14-6-2-7-15-23)28-25(24-16-10-21-32-24)30(26)20-11-19-29-17-8-3-9-18-29/h1-2,4-7,10,12-16,21H,3,8-9,11,17-20H2. The van der Waals surface area contributed by atoms with E-state index in [1.165, 1.54) is 32.4 Å². The first-order valence-electron chi connectivity index (χ1n) is 11.6. The van der Waals surface area contributed by atoms with Gasteiger partial charge in [-0.15, -0.1) is 11.3 Å². The molecule has 0 aliphatic carbocycles. The first-order chi connectivity index (χ1) is 15.8. The van der Waals surface area contributed by atoms with Crippen molar-refractivity contribution in [2.24, 2.45) is 4.99 Å². The number of carbonyl (C=O) groups is 1. The smallest absolute Gasteiger partial charge is 0.265 e. The second kappa shape index (κ2) is 9.39. The van der Waals surface area contributed by atoms with E-state index in [1.807, 2.05) is 71.6 Å². The summed E-state index contributed by atoms with van der Waals surface area (Å²) in [6.45, 7) is 4.08. The number of benzene rings is 2. The van der Waals surface area contributed by atoms with Gasteiger partial charge in [0, 0.05) is 6.54 Å². The predicted octanol–water partition coefficient (Wildman–Crippen LogP) is 5.16. The minimum absolute atomic E-state index is 0.0527. The van der Waals surface area contributed by atoms with Gasteiger partial charge in [-0.05, 0) is 61.5 Å². The molecule has 32 heavy (non-hydrogen) atoms. The first-order valence-corrected chi connectivity index (χ1v) is 12.5. The Labute approximate surface area is 194 Å². The molecule has 0 N–H and O–H groups in total. The van der Waals surface area contributed by atoms with Gasteiger partial charge < -0.3 is 4.90 Å². The highest BCUT2D eigenvalue weighted by molar-refractivity contribution is 7.12. The Balaban J connectivity index is 1.52. The Morgan fingerprint density at radius 1 is 0.812 bits per heavy atom. The number of likely N-dealkylation sites (tertiary alicyclic amines) is 1. The minimum Gasteiger partial charge on any atom is -0.303 e. The highest BCUT2D eigenvalue weighted by Crippen LogP contribution is 2.41. The normalized spacial score (nSPS) is 18.7. The number of amidine groups is 1. The molecule has 2 aliphatic heterocycles. The number of hydrogen-bond acceptors (Lipinski definition) is 4. The monoisotopic (exact) mass is 443 g/mol. The molecular weight excluding hydrogens is 414 g/mol. The van der Waals surface area contributed by atoms with Crippen LogP contribution in [0.3, 0.4) is 0 Å². The fourth-order valence-corrected chi connectivity index (χ4v) is 5.62. The van der Waals surface area contributed by atoms with E-state index in [-0.39, 0.29) is 5.91 Å². The van der Waals surface area contributed by atoms with Crippen LogP contribution < -0.4 is 0 Å². The van der Waals surface area contributed by atoms with Crippen LogP contribution in [0.5, 0.6) is 0 Å². The summed E-state index contributed by atoms with van der Waals surface area (Å²) in [5.41, 5.74) is 0.806. The third-order valence-electron chi connectivity index (χ3n) is 6.51. The zero-order valence-electron chi connectivity index (χ0n) is 18.3. The zero-order valence-corrected chi connectivity index (χ0v) is 19.1. The molecule has 1 saturated heterocycles. The molecule has 164 valence electrons. The largest absolute Gasteiger partial charge is 0.303 e. The van der Waals surface area contributed by atoms with Gasteiger partial charge in [-0.3, -0.25) is 9.69 Å². The van der Waals surface area contributed by atoms with E-state index in [2.05, 4.69) is 16.3 Å². The number of hydrogen-bond donors (Lipinski definition) is 0. The van der Waals surface area contributed by atoms with Gasteiger partial charge in [-0.1, -0.05) is 73.2 Å². The van der Waals surface area contributed by atoms with Crippen LogP contribution in [0.25, 0.3) is 0 Å². The highest BCUT2D eigenvalue weighted by Gasteiger charge is 2.51. The van der Waals surface area contributed by atoms with E-state index in [9.17, 15) is 4.79 Å². The van der Waals surface area contributed by atoms with Gasteiger partial charge in [-0.2, -0.15) is 0 Å². The molecule has 0 atom stereocenters. The summed E-state index contributed by atoms with van der Waals surface area (Å²) in [6.07, 6.45) is 4.87. The number of nitrogens with zero attached hydrogens (tertiary/aromatic N) is 3. The molecule has 3 heterocycles. The second-order valence-corrected chi connectivity index (χ2v) is 9.52. The maximum Gasteiger partial charge on any atom is 0.265 e. The van der Waals surface area contributed by atoms with Crippen LogP contribution in [0.1, 0.15) is 41.7 Å². The molecule has 0 bridgehead atoms. The van der Waals surface area contributed by atoms with E-state index in [1.54, 1.807) is 11.3 Å². The van der Waals surface area contributed by atoms with Crippen LogP contribution in [0.2, 0.25) is 0 Å². The Bertz CT molecular complexity index is 1020. The van der Waals surface area contributed by atoms with Crippen molar-refractivity contribution in [2.45, 2.75) is 31.2 Å². The Morgan fingerprint density at radius 3 is 2.06 bits per heavy atom. The van der Waals surface area contributed by atoms with Crippen LogP contribution in [-0.4, -0.2) is 47.7 Å². The molecule has 1 fully saturated rings. The molecule has 0 spiro atoms. The number of carbonyl (C=O) groups excluding carboxylic acids is 1. The van der Waals surface area contributed by atoms with Gasteiger partial charge in [-0.25, -0.2) is 4.99 Å². The molecule has 5 heteroatoms. The minimum atomic E-state index is -1.03. The molecule has 1 amide bonds. The highest BCUT2D eigenvalue weighted by atomic mass is 32.1. The summed E-state index contributed by atoms with van der Waals surface area (Å²) < 4.78 is 0. The van der Waals surface area contributed by atoms with Crippen molar-refractivity contribution in [3.63, 3.8) is 0 Å². The van der Waals surface area contributed by atoms with Crippen LogP contribution in [0.4, 0.5) is 0 Å². The van der Waals surface area contributed by atoms with E-state index >= 15 is 0 Å². The lowest BCUT2D eigenvalue weighted by atomic mass is 9.83. The first kappa shape index (κ1) is 21.1. The average molecular weight is 444 g/mol. The molecule has 0 saturated carbocycles. The van der Waals surface area contributed by atoms with Crippen molar-refractivity contribution >= 4 is 23.1 Å². The Morgan fingerprint density at radius 2 is 1.47 bits per heavy atom. The third kappa shape index (κ3) is 3.91. The molecule has 4 nitrogen and oxygen atoms in total. The van der Waals surface area contributed by atoms with E-state index in [4.69, 9.17) is 4.99 Å². The summed E-state index contributed by atoms with van der Waals surface area (Å²) in [7, 11) is 0.